The fraction of sp³-hybridized carbons (Fsp3) is 0.412. The summed E-state index contributed by atoms with van der Waals surface area (Å²) in [5, 5.41) is 20.3. The Morgan fingerprint density at radius 1 is 1.30 bits per heavy atom. The molecule has 0 aliphatic carbocycles. The Hall–Kier alpha value is -2.34. The molecule has 1 atom stereocenters. The lowest BCUT2D eigenvalue weighted by Gasteiger charge is -2.27. The SMILES string of the molecule is CC(C)CC(=O)C1=C(O)C(=O)N(CCN)C1c1ccccc1O. The first-order chi connectivity index (χ1) is 10.9. The number of ketones is 1. The van der Waals surface area contributed by atoms with E-state index in [0.717, 1.165) is 0 Å². The average molecular weight is 318 g/mol. The molecule has 1 aliphatic rings. The highest BCUT2D eigenvalue weighted by atomic mass is 16.3. The van der Waals surface area contributed by atoms with Crippen LogP contribution in [0.4, 0.5) is 0 Å². The number of Topliss-reactive ketones (excluding diaryl/α,β-unsaturated/α-hetero) is 1. The molecule has 6 heteroatoms. The molecule has 0 saturated heterocycles. The van der Waals surface area contributed by atoms with E-state index in [1.54, 1.807) is 18.2 Å². The van der Waals surface area contributed by atoms with Gasteiger partial charge in [0.25, 0.3) is 5.91 Å². The summed E-state index contributed by atoms with van der Waals surface area (Å²) in [7, 11) is 0. The van der Waals surface area contributed by atoms with Crippen LogP contribution in [0.1, 0.15) is 31.9 Å². The molecule has 0 radical (unpaired) electrons. The zero-order valence-electron chi connectivity index (χ0n) is 13.3. The first-order valence-corrected chi connectivity index (χ1v) is 7.63. The minimum atomic E-state index is -0.807. The van der Waals surface area contributed by atoms with Crippen molar-refractivity contribution in [1.82, 2.24) is 4.90 Å². The molecule has 0 bridgehead atoms. The van der Waals surface area contributed by atoms with Crippen molar-refractivity contribution in [3.05, 3.63) is 41.2 Å². The third-order valence-corrected chi connectivity index (χ3v) is 3.80. The number of nitrogens with zero attached hydrogens (tertiary/aromatic N) is 1. The van der Waals surface area contributed by atoms with Crippen LogP contribution in [-0.2, 0) is 9.59 Å². The van der Waals surface area contributed by atoms with Gasteiger partial charge in [0, 0.05) is 25.1 Å². The fourth-order valence-corrected chi connectivity index (χ4v) is 2.83. The van der Waals surface area contributed by atoms with Crippen LogP contribution < -0.4 is 5.73 Å². The zero-order chi connectivity index (χ0) is 17.1. The van der Waals surface area contributed by atoms with Crippen LogP contribution in [0.2, 0.25) is 0 Å². The average Bonchev–Trinajstić information content (AvgIpc) is 2.72. The van der Waals surface area contributed by atoms with E-state index in [9.17, 15) is 19.8 Å². The largest absolute Gasteiger partial charge is 0.508 e. The highest BCUT2D eigenvalue weighted by Gasteiger charge is 2.43. The lowest BCUT2D eigenvalue weighted by molar-refractivity contribution is -0.129. The Morgan fingerprint density at radius 2 is 1.96 bits per heavy atom. The first kappa shape index (κ1) is 17.0. The number of hydrogen-bond donors (Lipinski definition) is 3. The van der Waals surface area contributed by atoms with Crippen molar-refractivity contribution >= 4 is 11.7 Å². The highest BCUT2D eigenvalue weighted by molar-refractivity contribution is 6.09. The molecule has 1 amide bonds. The summed E-state index contributed by atoms with van der Waals surface area (Å²) in [6.07, 6.45) is 0.216. The second-order valence-electron chi connectivity index (χ2n) is 6.03. The first-order valence-electron chi connectivity index (χ1n) is 7.63. The molecule has 0 spiro atoms. The van der Waals surface area contributed by atoms with Crippen LogP contribution in [0.15, 0.2) is 35.6 Å². The molecule has 1 aromatic carbocycles. The van der Waals surface area contributed by atoms with Crippen molar-refractivity contribution in [2.75, 3.05) is 13.1 Å². The van der Waals surface area contributed by atoms with Gasteiger partial charge in [-0.25, -0.2) is 0 Å². The van der Waals surface area contributed by atoms with Crippen molar-refractivity contribution in [1.29, 1.82) is 0 Å². The van der Waals surface area contributed by atoms with Crippen LogP contribution in [0.25, 0.3) is 0 Å². The lowest BCUT2D eigenvalue weighted by Crippen LogP contribution is -2.35. The molecule has 23 heavy (non-hydrogen) atoms. The van der Waals surface area contributed by atoms with E-state index < -0.39 is 17.7 Å². The Morgan fingerprint density at radius 3 is 2.52 bits per heavy atom. The molecule has 4 N–H and O–H groups in total. The van der Waals surface area contributed by atoms with E-state index in [1.807, 2.05) is 13.8 Å². The summed E-state index contributed by atoms with van der Waals surface area (Å²) in [5.74, 6) is -1.41. The number of carbonyl (C=O) groups excluding carboxylic acids is 2. The molecule has 1 aliphatic heterocycles. The second-order valence-corrected chi connectivity index (χ2v) is 6.03. The molecule has 1 unspecified atom stereocenters. The number of rotatable bonds is 6. The number of carbonyl (C=O) groups is 2. The summed E-state index contributed by atoms with van der Waals surface area (Å²) in [5.41, 5.74) is 6.00. The minimum Gasteiger partial charge on any atom is -0.508 e. The number of nitrogens with two attached hydrogens (primary N) is 1. The molecule has 0 fully saturated rings. The number of benzene rings is 1. The maximum Gasteiger partial charge on any atom is 0.290 e. The smallest absolute Gasteiger partial charge is 0.290 e. The molecule has 2 rings (SSSR count). The molecule has 1 heterocycles. The number of phenols is 1. The molecular weight excluding hydrogens is 296 g/mol. The topological polar surface area (TPSA) is 104 Å². The zero-order valence-corrected chi connectivity index (χ0v) is 13.3. The number of aliphatic hydroxyl groups excluding tert-OH is 1. The number of hydrogen-bond acceptors (Lipinski definition) is 5. The summed E-state index contributed by atoms with van der Waals surface area (Å²) in [6, 6.07) is 5.68. The van der Waals surface area contributed by atoms with Crippen LogP contribution in [0.3, 0.4) is 0 Å². The Labute approximate surface area is 135 Å². The van der Waals surface area contributed by atoms with Gasteiger partial charge in [-0.2, -0.15) is 0 Å². The van der Waals surface area contributed by atoms with E-state index in [1.165, 1.54) is 11.0 Å². The maximum atomic E-state index is 12.5. The van der Waals surface area contributed by atoms with Gasteiger partial charge in [0.2, 0.25) is 0 Å². The summed E-state index contributed by atoms with van der Waals surface area (Å²) >= 11 is 0. The van der Waals surface area contributed by atoms with Gasteiger partial charge in [0.15, 0.2) is 11.5 Å². The van der Waals surface area contributed by atoms with Gasteiger partial charge >= 0.3 is 0 Å². The normalized spacial score (nSPS) is 18.2. The number of para-hydroxylation sites is 1. The van der Waals surface area contributed by atoms with E-state index in [4.69, 9.17) is 5.73 Å². The van der Waals surface area contributed by atoms with Crippen molar-refractivity contribution in [3.63, 3.8) is 0 Å². The van der Waals surface area contributed by atoms with Crippen molar-refractivity contribution in [2.24, 2.45) is 11.7 Å². The molecule has 124 valence electrons. The monoisotopic (exact) mass is 318 g/mol. The standard InChI is InChI=1S/C17H22N2O4/c1-10(2)9-13(21)14-15(11-5-3-4-6-12(11)20)19(8-7-18)17(23)16(14)22/h3-6,10,15,20,22H,7-9,18H2,1-2H3. The van der Waals surface area contributed by atoms with Gasteiger partial charge in [-0.1, -0.05) is 32.0 Å². The lowest BCUT2D eigenvalue weighted by atomic mass is 9.91. The van der Waals surface area contributed by atoms with Crippen LogP contribution in [-0.4, -0.2) is 39.9 Å². The second kappa shape index (κ2) is 6.83. The van der Waals surface area contributed by atoms with Crippen LogP contribution in [0.5, 0.6) is 5.75 Å². The predicted molar refractivity (Wildman–Crippen MR) is 85.7 cm³/mol. The fourth-order valence-electron chi connectivity index (χ4n) is 2.83. The molecular formula is C17H22N2O4. The predicted octanol–water partition coefficient (Wildman–Crippen LogP) is 1.66. The van der Waals surface area contributed by atoms with Crippen LogP contribution in [0, 0.1) is 5.92 Å². The summed E-state index contributed by atoms with van der Waals surface area (Å²) in [4.78, 5) is 26.2. The third-order valence-electron chi connectivity index (χ3n) is 3.80. The van der Waals surface area contributed by atoms with E-state index in [0.29, 0.717) is 5.56 Å². The number of amides is 1. The van der Waals surface area contributed by atoms with Gasteiger partial charge in [0.05, 0.1) is 11.6 Å². The van der Waals surface area contributed by atoms with Gasteiger partial charge in [-0.3, -0.25) is 9.59 Å². The molecule has 1 aromatic rings. The number of phenolic OH excluding ortho intramolecular Hbond substituents is 1. The van der Waals surface area contributed by atoms with E-state index in [2.05, 4.69) is 0 Å². The van der Waals surface area contributed by atoms with Gasteiger partial charge < -0.3 is 20.8 Å². The van der Waals surface area contributed by atoms with Gasteiger partial charge in [-0.15, -0.1) is 0 Å². The molecule has 6 nitrogen and oxygen atoms in total. The van der Waals surface area contributed by atoms with Gasteiger partial charge in [-0.05, 0) is 12.0 Å². The Kier molecular flexibility index (Phi) is 5.05. The summed E-state index contributed by atoms with van der Waals surface area (Å²) < 4.78 is 0. The molecule has 0 saturated carbocycles. The Balaban J connectivity index is 2.53. The quantitative estimate of drug-likeness (QED) is 0.740. The minimum absolute atomic E-state index is 0.0307. The van der Waals surface area contributed by atoms with Crippen LogP contribution >= 0.6 is 0 Å². The Bertz CT molecular complexity index is 652. The highest BCUT2D eigenvalue weighted by Crippen LogP contribution is 2.41. The van der Waals surface area contributed by atoms with E-state index >= 15 is 0 Å². The van der Waals surface area contributed by atoms with Crippen molar-refractivity contribution < 1.29 is 19.8 Å². The number of aliphatic hydroxyl groups is 1. The van der Waals surface area contributed by atoms with Crippen molar-refractivity contribution in [2.45, 2.75) is 26.3 Å². The number of aromatic hydroxyl groups is 1. The third kappa shape index (κ3) is 3.22. The van der Waals surface area contributed by atoms with E-state index in [-0.39, 0.29) is 42.5 Å². The summed E-state index contributed by atoms with van der Waals surface area (Å²) in [6.45, 7) is 4.15. The molecule has 0 aromatic heterocycles. The van der Waals surface area contributed by atoms with Crippen molar-refractivity contribution in [3.8, 4) is 5.75 Å². The maximum absolute atomic E-state index is 12.5. The van der Waals surface area contributed by atoms with Gasteiger partial charge in [0.1, 0.15) is 5.75 Å².